The Morgan fingerprint density at radius 3 is 1.14 bits per heavy atom. The van der Waals surface area contributed by atoms with Crippen LogP contribution in [0.15, 0.2) is 219 Å². The van der Waals surface area contributed by atoms with E-state index in [2.05, 4.69) is 239 Å². The average Bonchev–Trinajstić information content (AvgIpc) is 4.00. The summed E-state index contributed by atoms with van der Waals surface area (Å²) in [5, 5.41) is 4.90. The molecule has 13 rings (SSSR count). The highest BCUT2D eigenvalue weighted by Gasteiger charge is 2.35. The van der Waals surface area contributed by atoms with Gasteiger partial charge < -0.3 is 0 Å². The maximum Gasteiger partial charge on any atom is 0.137 e. The molecule has 0 amide bonds. The zero-order valence-electron chi connectivity index (χ0n) is 38.4. The summed E-state index contributed by atoms with van der Waals surface area (Å²) in [6.45, 7) is 4.72. The van der Waals surface area contributed by atoms with E-state index in [1.165, 1.54) is 88.3 Å². The molecule has 326 valence electrons. The Morgan fingerprint density at radius 1 is 0.333 bits per heavy atom. The molecular weight excluding hydrogens is 837 g/mol. The van der Waals surface area contributed by atoms with Crippen LogP contribution in [-0.2, 0) is 5.41 Å². The number of rotatable bonds is 8. The van der Waals surface area contributed by atoms with E-state index in [1.54, 1.807) is 0 Å². The lowest BCUT2D eigenvalue weighted by molar-refractivity contribution is 0.660. The molecule has 0 N–H and O–H groups in total. The third kappa shape index (κ3) is 6.91. The van der Waals surface area contributed by atoms with Gasteiger partial charge in [-0.15, -0.1) is 0 Å². The lowest BCUT2D eigenvalue weighted by atomic mass is 9.81. The van der Waals surface area contributed by atoms with Gasteiger partial charge in [0.05, 0.1) is 22.1 Å². The number of pyridine rings is 2. The van der Waals surface area contributed by atoms with E-state index >= 15 is 0 Å². The van der Waals surface area contributed by atoms with E-state index in [0.717, 1.165) is 33.7 Å². The molecule has 0 atom stereocenters. The van der Waals surface area contributed by atoms with Crippen molar-refractivity contribution in [3.63, 3.8) is 0 Å². The Balaban J connectivity index is 0.712. The molecular formula is C65H46N4. The summed E-state index contributed by atoms with van der Waals surface area (Å²) < 4.78 is 4.51. The van der Waals surface area contributed by atoms with Crippen LogP contribution in [-0.4, -0.2) is 19.1 Å². The van der Waals surface area contributed by atoms with Gasteiger partial charge in [-0.25, -0.2) is 9.97 Å². The normalized spacial score (nSPS) is 13.1. The first-order valence-electron chi connectivity index (χ1n) is 23.7. The highest BCUT2D eigenvalue weighted by molar-refractivity contribution is 6.11. The fraction of sp³-hybridized carbons (Fsp3) is 0.0462. The second-order valence-electron chi connectivity index (χ2n) is 18.7. The number of para-hydroxylation sites is 2. The standard InChI is InChI=1S/C65H46N4/c1-65(2)57-39-45(19-17-43-21-27-47(28-22-43)49-31-35-61-55(41-49)53-11-3-5-13-59(53)68(61)63-15-7-9-37-66-63)25-33-51(57)52-34-26-46(40-58(52)65)20-18-44-23-29-48(30-24-44)50-32-36-62-56(42-50)54-12-4-6-14-60(54)69(62)64-16-8-10-38-67-64/h3-42H,1-2H3/b19-17+,20-18+. The van der Waals surface area contributed by atoms with E-state index in [1.807, 2.05) is 36.7 Å². The average molecular weight is 883 g/mol. The summed E-state index contributed by atoms with van der Waals surface area (Å²) in [6, 6.07) is 74.5. The highest BCUT2D eigenvalue weighted by Crippen LogP contribution is 2.49. The Morgan fingerprint density at radius 2 is 0.710 bits per heavy atom. The smallest absolute Gasteiger partial charge is 0.137 e. The van der Waals surface area contributed by atoms with Crippen LogP contribution in [0.3, 0.4) is 0 Å². The fourth-order valence-corrected chi connectivity index (χ4v) is 10.7. The van der Waals surface area contributed by atoms with Gasteiger partial charge in [-0.3, -0.25) is 9.13 Å². The first-order valence-corrected chi connectivity index (χ1v) is 23.7. The zero-order valence-corrected chi connectivity index (χ0v) is 38.4. The number of aromatic nitrogens is 4. The summed E-state index contributed by atoms with van der Waals surface area (Å²) in [5.41, 5.74) is 19.4. The van der Waals surface area contributed by atoms with Crippen molar-refractivity contribution in [1.82, 2.24) is 19.1 Å². The Kier molecular flexibility index (Phi) is 9.48. The van der Waals surface area contributed by atoms with Gasteiger partial charge in [-0.2, -0.15) is 0 Å². The van der Waals surface area contributed by atoms with Crippen LogP contribution in [0, 0.1) is 0 Å². The first kappa shape index (κ1) is 40.4. The number of fused-ring (bicyclic) bond motifs is 9. The van der Waals surface area contributed by atoms with Crippen molar-refractivity contribution in [3.8, 4) is 45.0 Å². The van der Waals surface area contributed by atoms with E-state index in [0.29, 0.717) is 0 Å². The molecule has 12 aromatic rings. The summed E-state index contributed by atoms with van der Waals surface area (Å²) in [6.07, 6.45) is 12.6. The zero-order chi connectivity index (χ0) is 46.1. The van der Waals surface area contributed by atoms with Crippen molar-refractivity contribution in [1.29, 1.82) is 0 Å². The van der Waals surface area contributed by atoms with Gasteiger partial charge in [0.2, 0.25) is 0 Å². The van der Waals surface area contributed by atoms with Gasteiger partial charge in [0, 0.05) is 39.4 Å². The molecule has 69 heavy (non-hydrogen) atoms. The van der Waals surface area contributed by atoms with Gasteiger partial charge in [0.1, 0.15) is 11.6 Å². The number of hydrogen-bond donors (Lipinski definition) is 0. The largest absolute Gasteiger partial charge is 0.294 e. The third-order valence-electron chi connectivity index (χ3n) is 14.3. The predicted octanol–water partition coefficient (Wildman–Crippen LogP) is 16.7. The SMILES string of the molecule is CC1(C)c2cc(/C=C/c3ccc(-c4ccc5c(c4)c4ccccc4n5-c4ccccn4)cc3)ccc2-c2ccc(/C=C/c3ccc(-c4ccc5c(c4)c4ccccc4n5-c4ccccn4)cc3)cc21. The van der Waals surface area contributed by atoms with Crippen molar-refractivity contribution in [2.24, 2.45) is 0 Å². The molecule has 8 aromatic carbocycles. The second kappa shape index (κ2) is 16.2. The van der Waals surface area contributed by atoms with Crippen molar-refractivity contribution in [2.45, 2.75) is 19.3 Å². The molecule has 1 aliphatic rings. The van der Waals surface area contributed by atoms with E-state index in [-0.39, 0.29) is 5.41 Å². The maximum absolute atomic E-state index is 4.68. The molecule has 4 heteroatoms. The van der Waals surface area contributed by atoms with E-state index < -0.39 is 0 Å². The minimum atomic E-state index is -0.127. The van der Waals surface area contributed by atoms with Gasteiger partial charge in [-0.05, 0) is 127 Å². The van der Waals surface area contributed by atoms with Crippen molar-refractivity contribution in [2.75, 3.05) is 0 Å². The minimum Gasteiger partial charge on any atom is -0.294 e. The third-order valence-corrected chi connectivity index (χ3v) is 14.3. The highest BCUT2D eigenvalue weighted by atomic mass is 15.1. The molecule has 0 spiro atoms. The summed E-state index contributed by atoms with van der Waals surface area (Å²) in [4.78, 5) is 9.36. The minimum absolute atomic E-state index is 0.127. The van der Waals surface area contributed by atoms with Crippen LogP contribution >= 0.6 is 0 Å². The van der Waals surface area contributed by atoms with Gasteiger partial charge >= 0.3 is 0 Å². The Bertz CT molecular complexity index is 3740. The van der Waals surface area contributed by atoms with E-state index in [9.17, 15) is 0 Å². The Labute approximate surface area is 401 Å². The second-order valence-corrected chi connectivity index (χ2v) is 18.7. The van der Waals surface area contributed by atoms with Crippen LogP contribution in [0.4, 0.5) is 0 Å². The molecule has 0 unspecified atom stereocenters. The molecule has 0 aliphatic heterocycles. The van der Waals surface area contributed by atoms with Crippen LogP contribution in [0.25, 0.3) is 113 Å². The van der Waals surface area contributed by atoms with Gasteiger partial charge in [0.25, 0.3) is 0 Å². The molecule has 0 saturated heterocycles. The van der Waals surface area contributed by atoms with Crippen LogP contribution in [0.1, 0.15) is 47.2 Å². The summed E-state index contributed by atoms with van der Waals surface area (Å²) in [5.74, 6) is 1.85. The van der Waals surface area contributed by atoms with Crippen LogP contribution < -0.4 is 0 Å². The quantitative estimate of drug-likeness (QED) is 0.143. The maximum atomic E-state index is 4.68. The van der Waals surface area contributed by atoms with Gasteiger partial charge in [-0.1, -0.05) is 184 Å². The van der Waals surface area contributed by atoms with E-state index in [4.69, 9.17) is 0 Å². The fourth-order valence-electron chi connectivity index (χ4n) is 10.7. The first-order chi connectivity index (χ1) is 33.9. The monoisotopic (exact) mass is 882 g/mol. The number of hydrogen-bond acceptors (Lipinski definition) is 2. The van der Waals surface area contributed by atoms with Crippen molar-refractivity contribution < 1.29 is 0 Å². The molecule has 0 bridgehead atoms. The molecule has 0 saturated carbocycles. The van der Waals surface area contributed by atoms with Crippen molar-refractivity contribution in [3.05, 3.63) is 252 Å². The lowest BCUT2D eigenvalue weighted by Crippen LogP contribution is -2.15. The van der Waals surface area contributed by atoms with Crippen LogP contribution in [0.2, 0.25) is 0 Å². The molecule has 0 radical (unpaired) electrons. The molecule has 4 nitrogen and oxygen atoms in total. The van der Waals surface area contributed by atoms with Crippen molar-refractivity contribution >= 4 is 67.9 Å². The number of benzene rings is 8. The van der Waals surface area contributed by atoms with Crippen LogP contribution in [0.5, 0.6) is 0 Å². The molecule has 1 aliphatic carbocycles. The summed E-state index contributed by atoms with van der Waals surface area (Å²) >= 11 is 0. The molecule has 4 heterocycles. The lowest BCUT2D eigenvalue weighted by Gasteiger charge is -2.22. The molecule has 4 aromatic heterocycles. The van der Waals surface area contributed by atoms with Gasteiger partial charge in [0.15, 0.2) is 0 Å². The number of nitrogens with zero attached hydrogens (tertiary/aromatic N) is 4. The Hall–Kier alpha value is -8.86. The predicted molar refractivity (Wildman–Crippen MR) is 290 cm³/mol. The molecule has 0 fully saturated rings. The summed E-state index contributed by atoms with van der Waals surface area (Å²) in [7, 11) is 0. The topological polar surface area (TPSA) is 35.6 Å².